The largest absolute Gasteiger partial charge is 0.428 e. The van der Waals surface area contributed by atoms with Gasteiger partial charge in [-0.2, -0.15) is 0 Å². The van der Waals surface area contributed by atoms with Gasteiger partial charge in [-0.3, -0.25) is 20.9 Å². The van der Waals surface area contributed by atoms with Crippen molar-refractivity contribution >= 4 is 18.0 Å². The van der Waals surface area contributed by atoms with Crippen molar-refractivity contribution in [3.63, 3.8) is 0 Å². The predicted octanol–water partition coefficient (Wildman–Crippen LogP) is 1.54. The number of nitrogens with zero attached hydrogens (tertiary/aromatic N) is 1. The molecule has 0 aromatic heterocycles. The van der Waals surface area contributed by atoms with Crippen LogP contribution in [0.5, 0.6) is 0 Å². The Labute approximate surface area is 79.3 Å². The number of hydrogen-bond acceptors (Lipinski definition) is 5. The number of non-ortho nitro benzene ring substituents is 1. The second-order valence-corrected chi connectivity index (χ2v) is 2.37. The summed E-state index contributed by atoms with van der Waals surface area (Å²) in [5.41, 5.74) is 0.343. The molecule has 1 aromatic carbocycles. The average molecular weight is 193 g/mol. The van der Waals surface area contributed by atoms with Crippen LogP contribution in [0.15, 0.2) is 24.3 Å². The van der Waals surface area contributed by atoms with Crippen molar-refractivity contribution in [2.75, 3.05) is 0 Å². The number of hydrogen-bond donors (Lipinski definition) is 2. The quantitative estimate of drug-likeness (QED) is 0.329. The monoisotopic (exact) mass is 193 g/mol. The lowest BCUT2D eigenvalue weighted by atomic mass is 10.2. The number of ether oxygens (including phenoxy) is 1. The maximum atomic E-state index is 10.3. The van der Waals surface area contributed by atoms with Crippen molar-refractivity contribution in [2.24, 2.45) is 0 Å². The highest BCUT2D eigenvalue weighted by Crippen LogP contribution is 2.12. The Bertz CT molecular complexity index is 372. The Morgan fingerprint density at radius 2 is 2.00 bits per heavy atom. The smallest absolute Gasteiger partial charge is 0.269 e. The molecule has 0 heterocycles. The van der Waals surface area contributed by atoms with Gasteiger partial charge < -0.3 is 4.74 Å². The normalized spacial score (nSPS) is 9.14. The average Bonchev–Trinajstić information content (AvgIpc) is 2.18. The lowest BCUT2D eigenvalue weighted by Crippen LogP contribution is -2.02. The molecule has 0 amide bonds. The maximum absolute atomic E-state index is 10.3. The highest BCUT2D eigenvalue weighted by Gasteiger charge is 2.06. The molecule has 0 saturated heterocycles. The van der Waals surface area contributed by atoms with E-state index in [1.165, 1.54) is 24.3 Å². The van der Waals surface area contributed by atoms with Gasteiger partial charge in [0.25, 0.3) is 5.69 Å². The van der Waals surface area contributed by atoms with Crippen molar-refractivity contribution in [2.45, 2.75) is 0 Å². The molecule has 72 valence electrons. The van der Waals surface area contributed by atoms with Gasteiger partial charge in [0.1, 0.15) is 0 Å². The van der Waals surface area contributed by atoms with Gasteiger partial charge >= 0.3 is 0 Å². The first-order valence-electron chi connectivity index (χ1n) is 3.64. The number of nitro groups is 1. The Morgan fingerprint density at radius 1 is 1.43 bits per heavy atom. The zero-order valence-electron chi connectivity index (χ0n) is 7.06. The Morgan fingerprint density at radius 3 is 2.43 bits per heavy atom. The molecule has 6 heteroatoms. The standard InChI is InChI=1S/C8H7N3O3/c9-5-14-8(10)6-1-3-7(4-2-6)11(12)13/h1-5,9-10H. The van der Waals surface area contributed by atoms with E-state index in [1.807, 2.05) is 0 Å². The summed E-state index contributed by atoms with van der Waals surface area (Å²) in [6.07, 6.45) is 0.629. The summed E-state index contributed by atoms with van der Waals surface area (Å²) >= 11 is 0. The van der Waals surface area contributed by atoms with E-state index in [0.29, 0.717) is 12.0 Å². The maximum Gasteiger partial charge on any atom is 0.269 e. The summed E-state index contributed by atoms with van der Waals surface area (Å²) in [5.74, 6) is -0.213. The molecular weight excluding hydrogens is 186 g/mol. The second-order valence-electron chi connectivity index (χ2n) is 2.37. The third kappa shape index (κ3) is 2.13. The fourth-order valence-electron chi connectivity index (χ4n) is 0.861. The molecule has 2 N–H and O–H groups in total. The van der Waals surface area contributed by atoms with Gasteiger partial charge in [-0.05, 0) is 12.1 Å². The first-order chi connectivity index (χ1) is 6.65. The third-order valence-electron chi connectivity index (χ3n) is 1.52. The highest BCUT2D eigenvalue weighted by atomic mass is 16.6. The lowest BCUT2D eigenvalue weighted by Gasteiger charge is -2.00. The topological polar surface area (TPSA) is 100 Å². The van der Waals surface area contributed by atoms with Gasteiger partial charge in [-0.15, -0.1) is 0 Å². The molecule has 1 aromatic rings. The van der Waals surface area contributed by atoms with Crippen molar-refractivity contribution in [3.05, 3.63) is 39.9 Å². The van der Waals surface area contributed by atoms with Crippen LogP contribution in [0.1, 0.15) is 5.56 Å². The summed E-state index contributed by atoms with van der Waals surface area (Å²) in [6, 6.07) is 5.34. The van der Waals surface area contributed by atoms with Crippen molar-refractivity contribution in [1.29, 1.82) is 10.8 Å². The molecule has 0 spiro atoms. The van der Waals surface area contributed by atoms with Gasteiger partial charge in [-0.1, -0.05) is 0 Å². The molecular formula is C8H7N3O3. The molecule has 14 heavy (non-hydrogen) atoms. The molecule has 0 bridgehead atoms. The minimum atomic E-state index is -0.523. The summed E-state index contributed by atoms with van der Waals surface area (Å²) in [6.45, 7) is 0. The molecule has 0 radical (unpaired) electrons. The van der Waals surface area contributed by atoms with Crippen LogP contribution in [-0.2, 0) is 4.74 Å². The van der Waals surface area contributed by atoms with Gasteiger partial charge in [0.05, 0.1) is 4.92 Å². The van der Waals surface area contributed by atoms with Crippen LogP contribution >= 0.6 is 0 Å². The molecule has 6 nitrogen and oxygen atoms in total. The van der Waals surface area contributed by atoms with Gasteiger partial charge in [0, 0.05) is 17.7 Å². The predicted molar refractivity (Wildman–Crippen MR) is 49.8 cm³/mol. The van der Waals surface area contributed by atoms with E-state index in [0.717, 1.165) is 0 Å². The van der Waals surface area contributed by atoms with E-state index in [4.69, 9.17) is 10.8 Å². The Kier molecular flexibility index (Phi) is 2.90. The van der Waals surface area contributed by atoms with E-state index >= 15 is 0 Å². The lowest BCUT2D eigenvalue weighted by molar-refractivity contribution is -0.384. The van der Waals surface area contributed by atoms with Gasteiger partial charge in [-0.25, -0.2) is 0 Å². The van der Waals surface area contributed by atoms with Crippen LogP contribution in [0.4, 0.5) is 5.69 Å². The number of nitro benzene ring substituents is 1. The molecule has 0 atom stereocenters. The van der Waals surface area contributed by atoms with E-state index in [-0.39, 0.29) is 11.6 Å². The SMILES string of the molecule is N=COC(=N)c1ccc([N+](=O)[O-])cc1. The van der Waals surface area contributed by atoms with Crippen LogP contribution in [0.3, 0.4) is 0 Å². The number of rotatable bonds is 3. The van der Waals surface area contributed by atoms with Crippen LogP contribution in [-0.4, -0.2) is 17.2 Å². The second kappa shape index (κ2) is 4.13. The minimum absolute atomic E-state index is 0.0450. The third-order valence-corrected chi connectivity index (χ3v) is 1.52. The van der Waals surface area contributed by atoms with Crippen molar-refractivity contribution < 1.29 is 9.66 Å². The zero-order chi connectivity index (χ0) is 10.6. The first-order valence-corrected chi connectivity index (χ1v) is 3.64. The van der Waals surface area contributed by atoms with Crippen LogP contribution in [0.25, 0.3) is 0 Å². The number of nitrogens with one attached hydrogen (secondary N) is 2. The summed E-state index contributed by atoms with van der Waals surface area (Å²) in [5, 5.41) is 24.2. The zero-order valence-corrected chi connectivity index (χ0v) is 7.06. The van der Waals surface area contributed by atoms with Gasteiger partial charge in [0.2, 0.25) is 5.90 Å². The summed E-state index contributed by atoms with van der Waals surface area (Å²) in [4.78, 5) is 9.77. The Hall–Kier alpha value is -2.24. The van der Waals surface area contributed by atoms with Crippen LogP contribution < -0.4 is 0 Å². The van der Waals surface area contributed by atoms with Crippen LogP contribution in [0.2, 0.25) is 0 Å². The molecule has 1 rings (SSSR count). The van der Waals surface area contributed by atoms with E-state index in [2.05, 4.69) is 4.74 Å². The van der Waals surface area contributed by atoms with Crippen molar-refractivity contribution in [1.82, 2.24) is 0 Å². The Balaban J connectivity index is 2.88. The summed E-state index contributed by atoms with van der Waals surface area (Å²) in [7, 11) is 0. The van der Waals surface area contributed by atoms with E-state index < -0.39 is 4.92 Å². The van der Waals surface area contributed by atoms with Crippen LogP contribution in [0, 0.1) is 20.9 Å². The van der Waals surface area contributed by atoms with Gasteiger partial charge in [0.15, 0.2) is 6.40 Å². The molecule has 0 aliphatic carbocycles. The molecule has 0 unspecified atom stereocenters. The highest BCUT2D eigenvalue weighted by molar-refractivity contribution is 5.95. The molecule has 0 aliphatic rings. The molecule has 0 fully saturated rings. The fourth-order valence-corrected chi connectivity index (χ4v) is 0.861. The summed E-state index contributed by atoms with van der Waals surface area (Å²) < 4.78 is 4.48. The number of benzene rings is 1. The molecule has 0 saturated carbocycles. The van der Waals surface area contributed by atoms with E-state index in [1.54, 1.807) is 0 Å². The van der Waals surface area contributed by atoms with Crippen molar-refractivity contribution in [3.8, 4) is 0 Å². The van der Waals surface area contributed by atoms with E-state index in [9.17, 15) is 10.1 Å². The molecule has 0 aliphatic heterocycles. The first kappa shape index (κ1) is 9.85. The fraction of sp³-hybridized carbons (Fsp3) is 0. The minimum Gasteiger partial charge on any atom is -0.428 e.